The van der Waals surface area contributed by atoms with Crippen LogP contribution in [0.3, 0.4) is 0 Å². The van der Waals surface area contributed by atoms with Crippen LogP contribution in [-0.2, 0) is 18.5 Å². The van der Waals surface area contributed by atoms with Crippen LogP contribution in [0.2, 0.25) is 0 Å². The average Bonchev–Trinajstić information content (AvgIpc) is 1.58. The molecule has 0 spiro atoms. The molecule has 150 heavy (non-hydrogen) atoms. The molecule has 0 amide bonds. The Morgan fingerprint density at radius 1 is 0.267 bits per heavy atom. The third kappa shape index (κ3) is 25.7. The molecule has 42 heteroatoms. The summed E-state index contributed by atoms with van der Waals surface area (Å²) >= 11 is 1.37. The number of nitrogens with zero attached hydrogens (tertiary/aromatic N) is 13. The first kappa shape index (κ1) is 106. The fraction of sp³-hybridized carbons (Fsp3) is 0.259. The van der Waals surface area contributed by atoms with Crippen molar-refractivity contribution in [3.63, 3.8) is 0 Å². The van der Waals surface area contributed by atoms with Gasteiger partial charge in [-0.2, -0.15) is 75.8 Å². The summed E-state index contributed by atoms with van der Waals surface area (Å²) in [6.07, 6.45) is -14.0. The topological polar surface area (TPSA) is 269 Å². The van der Waals surface area contributed by atoms with Crippen LogP contribution < -0.4 is 47.9 Å². The first-order chi connectivity index (χ1) is 71.9. The number of aromatic nitrogens is 10. The molecule has 3 saturated heterocycles. The number of thiophene rings is 1. The Morgan fingerprint density at radius 2 is 0.593 bits per heavy atom. The molecule has 25 nitrogen and oxygen atoms in total. The molecule has 3 aliphatic heterocycles. The van der Waals surface area contributed by atoms with Crippen molar-refractivity contribution in [2.24, 2.45) is 0 Å². The number of aryl methyl sites for hydroxylation is 3. The molecular weight excluding hydrogens is 2010 g/mol. The van der Waals surface area contributed by atoms with E-state index in [1.165, 1.54) is 136 Å². The first-order valence-corrected chi connectivity index (χ1v) is 47.7. The number of alkyl halides is 15. The quantitative estimate of drug-likeness (QED) is 0.0570. The number of hydrogen-bond acceptors (Lipinski definition) is 26. The van der Waals surface area contributed by atoms with Crippen molar-refractivity contribution in [1.82, 2.24) is 50.7 Å². The third-order valence-corrected chi connectivity index (χ3v) is 25.3. The average molecular weight is 2100 g/mol. The summed E-state index contributed by atoms with van der Waals surface area (Å²) in [5.41, 5.74) is 8.18. The van der Waals surface area contributed by atoms with Crippen molar-refractivity contribution in [2.75, 3.05) is 89.5 Å². The molecule has 780 valence electrons. The van der Waals surface area contributed by atoms with Gasteiger partial charge in [-0.25, -0.2) is 4.39 Å². The highest BCUT2D eigenvalue weighted by Gasteiger charge is 2.41. The van der Waals surface area contributed by atoms with E-state index in [4.69, 9.17) is 46.3 Å². The molecule has 3 aliphatic rings. The predicted octanol–water partition coefficient (Wildman–Crippen LogP) is 29.3. The highest BCUT2D eigenvalue weighted by Crippen LogP contribution is 2.48. The van der Waals surface area contributed by atoms with E-state index in [1.54, 1.807) is 121 Å². The van der Waals surface area contributed by atoms with Gasteiger partial charge < -0.3 is 70.5 Å². The third-order valence-electron chi connectivity index (χ3n) is 24.5. The molecule has 0 radical (unpaired) electrons. The minimum absolute atomic E-state index is 0.00463. The van der Waals surface area contributed by atoms with E-state index >= 15 is 0 Å². The van der Waals surface area contributed by atoms with Gasteiger partial charge in [0.1, 0.15) is 46.1 Å². The summed E-state index contributed by atoms with van der Waals surface area (Å²) in [6.45, 7) is 10.3. The van der Waals surface area contributed by atoms with Crippen LogP contribution in [0.15, 0.2) is 258 Å². The second-order valence-corrected chi connectivity index (χ2v) is 35.1. The zero-order valence-corrected chi connectivity index (χ0v) is 82.1. The smallest absolute Gasteiger partial charge is 0.497 e. The van der Waals surface area contributed by atoms with Gasteiger partial charge in [-0.3, -0.25) is 0 Å². The molecule has 6 aromatic heterocycles. The molecule has 0 N–H and O–H groups in total. The first-order valence-electron chi connectivity index (χ1n) is 46.8. The van der Waals surface area contributed by atoms with E-state index in [9.17, 15) is 70.2 Å². The van der Waals surface area contributed by atoms with Crippen LogP contribution in [0, 0.1) is 26.6 Å². The summed E-state index contributed by atoms with van der Waals surface area (Å²) in [5, 5.41) is 22.8. The van der Waals surface area contributed by atoms with Crippen LogP contribution in [0.5, 0.6) is 40.2 Å². The van der Waals surface area contributed by atoms with Gasteiger partial charge in [0, 0.05) is 95.8 Å². The van der Waals surface area contributed by atoms with Gasteiger partial charge in [0.2, 0.25) is 29.1 Å². The monoisotopic (exact) mass is 2100 g/mol. The molecule has 0 atom stereocenters. The maximum absolute atomic E-state index is 13.8. The molecule has 0 unspecified atom stereocenters. The summed E-state index contributed by atoms with van der Waals surface area (Å²) in [7, 11) is 7.62. The molecule has 0 saturated carbocycles. The zero-order chi connectivity index (χ0) is 106. The van der Waals surface area contributed by atoms with E-state index in [0.29, 0.717) is 77.2 Å². The summed E-state index contributed by atoms with van der Waals surface area (Å²) in [4.78, 5) is 27.2. The molecule has 3 fully saturated rings. The Balaban J connectivity index is 0.000000134. The highest BCUT2D eigenvalue weighted by atomic mass is 32.1. The minimum atomic E-state index is -4.84. The van der Waals surface area contributed by atoms with E-state index in [0.717, 1.165) is 103 Å². The molecule has 20 rings (SSSR count). The van der Waals surface area contributed by atoms with Crippen molar-refractivity contribution in [3.8, 4) is 177 Å². The van der Waals surface area contributed by atoms with Gasteiger partial charge in [0.25, 0.3) is 29.5 Å². The van der Waals surface area contributed by atoms with Crippen LogP contribution in [-0.4, -0.2) is 138 Å². The van der Waals surface area contributed by atoms with Crippen LogP contribution >= 0.6 is 11.3 Å². The Kier molecular flexibility index (Phi) is 32.9. The fourth-order valence-electron chi connectivity index (χ4n) is 17.3. The lowest BCUT2D eigenvalue weighted by atomic mass is 9.97. The van der Waals surface area contributed by atoms with Crippen molar-refractivity contribution in [1.29, 1.82) is 0 Å². The Hall–Kier alpha value is -16.3. The maximum atomic E-state index is 13.8. The second kappa shape index (κ2) is 46.4. The highest BCUT2D eigenvalue weighted by molar-refractivity contribution is 7.08. The number of anilines is 3. The second-order valence-electron chi connectivity index (χ2n) is 34.4. The lowest BCUT2D eigenvalue weighted by Gasteiger charge is -2.31. The largest absolute Gasteiger partial charge is 0.573 e. The van der Waals surface area contributed by atoms with Gasteiger partial charge in [0.05, 0.1) is 80.1 Å². The summed E-state index contributed by atoms with van der Waals surface area (Å²) in [6, 6.07) is 58.5. The zero-order valence-electron chi connectivity index (χ0n) is 81.3. The van der Waals surface area contributed by atoms with Crippen LogP contribution in [0.4, 0.5) is 87.3 Å². The number of halogens is 16. The number of hydrogen-bond donors (Lipinski definition) is 0. The van der Waals surface area contributed by atoms with Gasteiger partial charge in [0.15, 0.2) is 0 Å². The van der Waals surface area contributed by atoms with E-state index in [-0.39, 0.29) is 115 Å². The van der Waals surface area contributed by atoms with Crippen molar-refractivity contribution < 1.29 is 126 Å². The van der Waals surface area contributed by atoms with Crippen molar-refractivity contribution in [2.45, 2.75) is 110 Å². The molecule has 0 bridgehead atoms. The summed E-state index contributed by atoms with van der Waals surface area (Å²) in [5.74, 6) is 2.35. The van der Waals surface area contributed by atoms with E-state index in [2.05, 4.69) is 65.1 Å². The number of ether oxygens (including phenoxy) is 7. The Bertz CT molecular complexity index is 7510. The molecule has 9 heterocycles. The molecule has 17 aromatic rings. The van der Waals surface area contributed by atoms with Gasteiger partial charge in [-0.15, -0.1) is 26.3 Å². The van der Waals surface area contributed by atoms with Gasteiger partial charge >= 0.3 is 31.3 Å². The van der Waals surface area contributed by atoms with Crippen LogP contribution in [0.1, 0.15) is 91.2 Å². The molecule has 11 aromatic carbocycles. The normalized spacial score (nSPS) is 13.4. The van der Waals surface area contributed by atoms with Crippen molar-refractivity contribution >= 4 is 28.4 Å². The Labute approximate surface area is 851 Å². The van der Waals surface area contributed by atoms with E-state index < -0.39 is 59.5 Å². The van der Waals surface area contributed by atoms with Gasteiger partial charge in [-0.05, 0) is 280 Å². The number of piperidine rings is 3. The SMILES string of the molecule is COc1ccc(-c2ccc(-c3nc(-c4ccccc4OC(F)(F)F)no3)cc2C)c(OC)c1.COc1ccc(F)cc1-c1noc(-c2ccc(N3CCCCC3)c(C(F)(F)F)c2)n1.COc1ccccc1-c1noc(-c2ccc(-c3cscc3C)c(C(F)(F)F)c2)n1.COc1ccccc1-c1noc(-c2ccc(N3CCCCC3)c(C(F)(F)F)c2)n1.Cc1cc(-c2nc(-c3ccccc3OC(F)(F)F)no2)ccc1N1CCCCC1. The molecular formula is C108H93F16N13O12S. The Morgan fingerprint density at radius 3 is 0.953 bits per heavy atom. The standard InChI is InChI=1S/C24H19F3N2O4.C21H19F4N3O2.2C21H20F3N3O2.C21H15F3N2O2S/c1-14-12-15(8-10-17(14)18-11-9-16(30-2)13-21(18)31-3)23-28-22(29-33-23)19-6-4-5-7-20(19)32-24(25,26)27;1-29-18-8-6-14(22)12-15(18)19-26-20(30-27-19)13-5-7-17(16(11-13)21(23,24)25)28-9-3-2-4-10-28;1-28-18-8-4-3-7-15(18)19-25-20(29-26-19)14-9-10-17(16(13-14)21(22,23)24)27-11-5-2-6-12-27;1-14-13-15(9-10-17(14)27-11-5-2-6-12-27)20-25-19(26-29-20)16-7-3-4-8-18(16)28-21(22,23)24;1-12-10-29-11-16(12)14-8-7-13(9-17(14)21(22,23)24)20-25-19(26-28-20)15-5-3-4-6-18(15)27-2/h4-13H,1-3H3;5-8,11-12H,2-4,9-10H2,1H3;2*3-4,7-10,13H,2,5-6,11-12H2,1H3;3-11H,1-2H3. The lowest BCUT2D eigenvalue weighted by molar-refractivity contribution is -0.275. The van der Waals surface area contributed by atoms with Crippen LogP contribution in [0.25, 0.3) is 136 Å². The lowest BCUT2D eigenvalue weighted by Crippen LogP contribution is -2.31. The number of para-hydroxylation sites is 4. The number of rotatable bonds is 22. The number of methoxy groups -OCH3 is 5. The minimum Gasteiger partial charge on any atom is -0.497 e. The fourth-order valence-corrected chi connectivity index (χ4v) is 18.1. The molecule has 0 aliphatic carbocycles. The van der Waals surface area contributed by atoms with Crippen molar-refractivity contribution in [3.05, 3.63) is 274 Å². The predicted molar refractivity (Wildman–Crippen MR) is 528 cm³/mol. The van der Waals surface area contributed by atoms with Gasteiger partial charge in [-0.1, -0.05) is 86.4 Å². The number of benzene rings is 11. The maximum Gasteiger partial charge on any atom is 0.573 e. The van der Waals surface area contributed by atoms with E-state index in [1.807, 2.05) is 61.7 Å². The summed E-state index contributed by atoms with van der Waals surface area (Å²) < 4.78 is 275.